The number of carbonyl (C=O) groups excluding carboxylic acids is 2. The van der Waals surface area contributed by atoms with Gasteiger partial charge in [-0.05, 0) is 37.3 Å². The molecule has 0 unspecified atom stereocenters. The summed E-state index contributed by atoms with van der Waals surface area (Å²) in [5.41, 5.74) is 2.15. The fourth-order valence-corrected chi connectivity index (χ4v) is 4.09. The lowest BCUT2D eigenvalue weighted by atomic mass is 10.1. The number of benzene rings is 2. The second kappa shape index (κ2) is 8.59. The Bertz CT molecular complexity index is 1040. The number of thiazole rings is 1. The van der Waals surface area contributed by atoms with Gasteiger partial charge >= 0.3 is 0 Å². The van der Waals surface area contributed by atoms with Crippen molar-refractivity contribution in [1.82, 2.24) is 4.98 Å². The van der Waals surface area contributed by atoms with Crippen molar-refractivity contribution in [3.8, 4) is 5.75 Å². The van der Waals surface area contributed by atoms with Gasteiger partial charge in [0.1, 0.15) is 5.75 Å². The molecule has 3 aromatic rings. The normalized spacial score (nSPS) is 14.0. The smallest absolute Gasteiger partial charge is 0.262 e. The second-order valence-electron chi connectivity index (χ2n) is 6.70. The van der Waals surface area contributed by atoms with E-state index in [9.17, 15) is 9.59 Å². The van der Waals surface area contributed by atoms with Crippen molar-refractivity contribution in [2.24, 2.45) is 0 Å². The molecule has 0 atom stereocenters. The molecule has 2 aromatic carbocycles. The van der Waals surface area contributed by atoms with E-state index >= 15 is 0 Å². The molecule has 7 nitrogen and oxygen atoms in total. The quantitative estimate of drug-likeness (QED) is 0.627. The van der Waals surface area contributed by atoms with Gasteiger partial charge < -0.3 is 19.7 Å². The van der Waals surface area contributed by atoms with Crippen LogP contribution in [0.1, 0.15) is 17.3 Å². The monoisotopic (exact) mass is 411 g/mol. The summed E-state index contributed by atoms with van der Waals surface area (Å²) in [6.45, 7) is 4.46. The number of carbonyl (C=O) groups is 2. The van der Waals surface area contributed by atoms with Gasteiger partial charge in [0.15, 0.2) is 17.5 Å². The summed E-state index contributed by atoms with van der Waals surface area (Å²) in [5, 5.41) is 3.82. The third-order valence-corrected chi connectivity index (χ3v) is 5.63. The number of aromatic nitrogens is 1. The Hall–Kier alpha value is -2.97. The minimum atomic E-state index is -0.268. The number of ether oxygens (including phenoxy) is 2. The Morgan fingerprint density at radius 2 is 2.03 bits per heavy atom. The van der Waals surface area contributed by atoms with Gasteiger partial charge in [-0.3, -0.25) is 9.59 Å². The summed E-state index contributed by atoms with van der Waals surface area (Å²) < 4.78 is 11.9. The van der Waals surface area contributed by atoms with Crippen molar-refractivity contribution in [2.45, 2.75) is 6.92 Å². The van der Waals surface area contributed by atoms with Gasteiger partial charge in [-0.1, -0.05) is 23.5 Å². The highest BCUT2D eigenvalue weighted by Gasteiger charge is 2.16. The molecule has 1 fully saturated rings. The second-order valence-corrected chi connectivity index (χ2v) is 7.71. The van der Waals surface area contributed by atoms with Crippen LogP contribution >= 0.6 is 11.3 Å². The Morgan fingerprint density at radius 3 is 2.83 bits per heavy atom. The van der Waals surface area contributed by atoms with E-state index in [4.69, 9.17) is 9.47 Å². The van der Waals surface area contributed by atoms with Gasteiger partial charge in [-0.25, -0.2) is 4.98 Å². The standard InChI is InChI=1S/C21H21N3O4S/c1-14(25)15-3-2-4-17(11-15)28-13-20(26)22-16-5-6-18-19(12-16)29-21(23-18)24-7-9-27-10-8-24/h2-6,11-12H,7-10,13H2,1H3,(H,22,26). The summed E-state index contributed by atoms with van der Waals surface area (Å²) in [6, 6.07) is 12.5. The van der Waals surface area contributed by atoms with Gasteiger partial charge in [0, 0.05) is 24.3 Å². The fraction of sp³-hybridized carbons (Fsp3) is 0.286. The summed E-state index contributed by atoms with van der Waals surface area (Å²) in [7, 11) is 0. The molecule has 1 aliphatic heterocycles. The highest BCUT2D eigenvalue weighted by Crippen LogP contribution is 2.31. The number of morpholine rings is 1. The lowest BCUT2D eigenvalue weighted by molar-refractivity contribution is -0.118. The van der Waals surface area contributed by atoms with Crippen LogP contribution in [0.4, 0.5) is 10.8 Å². The van der Waals surface area contributed by atoms with E-state index in [-0.39, 0.29) is 18.3 Å². The number of amides is 1. The number of ketones is 1. The van der Waals surface area contributed by atoms with Gasteiger partial charge in [-0.2, -0.15) is 0 Å². The van der Waals surface area contributed by atoms with Crippen LogP contribution in [0.3, 0.4) is 0 Å². The molecule has 0 aliphatic carbocycles. The van der Waals surface area contributed by atoms with Crippen LogP contribution in [0.5, 0.6) is 5.75 Å². The maximum absolute atomic E-state index is 12.3. The molecular weight excluding hydrogens is 390 g/mol. The number of hydrogen-bond donors (Lipinski definition) is 1. The maximum Gasteiger partial charge on any atom is 0.262 e. The van der Waals surface area contributed by atoms with Crippen molar-refractivity contribution in [1.29, 1.82) is 0 Å². The highest BCUT2D eigenvalue weighted by atomic mass is 32.1. The SMILES string of the molecule is CC(=O)c1cccc(OCC(=O)Nc2ccc3nc(N4CCOCC4)sc3c2)c1. The lowest BCUT2D eigenvalue weighted by Crippen LogP contribution is -2.36. The molecule has 8 heteroatoms. The summed E-state index contributed by atoms with van der Waals surface area (Å²) in [4.78, 5) is 30.6. The first-order valence-corrected chi connectivity index (χ1v) is 10.2. The molecule has 2 heterocycles. The van der Waals surface area contributed by atoms with Gasteiger partial charge in [0.2, 0.25) is 0 Å². The molecule has 29 heavy (non-hydrogen) atoms. The van der Waals surface area contributed by atoms with E-state index in [1.807, 2.05) is 18.2 Å². The highest BCUT2D eigenvalue weighted by molar-refractivity contribution is 7.22. The van der Waals surface area contributed by atoms with Crippen molar-refractivity contribution in [2.75, 3.05) is 43.1 Å². The lowest BCUT2D eigenvalue weighted by Gasteiger charge is -2.25. The Kier molecular flexibility index (Phi) is 5.73. The molecular formula is C21H21N3O4S. The van der Waals surface area contributed by atoms with E-state index in [0.29, 0.717) is 30.2 Å². The Labute approximate surface area is 172 Å². The Balaban J connectivity index is 1.38. The zero-order chi connectivity index (χ0) is 20.2. The summed E-state index contributed by atoms with van der Waals surface area (Å²) in [6.07, 6.45) is 0. The van der Waals surface area contributed by atoms with Crippen LogP contribution in [0, 0.1) is 0 Å². The minimum Gasteiger partial charge on any atom is -0.484 e. The minimum absolute atomic E-state index is 0.0470. The average molecular weight is 411 g/mol. The molecule has 0 saturated carbocycles. The molecule has 1 aliphatic rings. The molecule has 0 spiro atoms. The third-order valence-electron chi connectivity index (χ3n) is 4.55. The fourth-order valence-electron chi connectivity index (χ4n) is 3.03. The number of nitrogens with one attached hydrogen (secondary N) is 1. The number of fused-ring (bicyclic) bond motifs is 1. The molecule has 4 rings (SSSR count). The molecule has 1 amide bonds. The molecule has 1 aromatic heterocycles. The topological polar surface area (TPSA) is 80.8 Å². The predicted octanol–water partition coefficient (Wildman–Crippen LogP) is 3.35. The first kappa shape index (κ1) is 19.4. The third kappa shape index (κ3) is 4.72. The van der Waals surface area contributed by atoms with Crippen molar-refractivity contribution in [3.63, 3.8) is 0 Å². The van der Waals surface area contributed by atoms with Crippen molar-refractivity contribution < 1.29 is 19.1 Å². The Morgan fingerprint density at radius 1 is 1.21 bits per heavy atom. The van der Waals surface area contributed by atoms with Crippen LogP contribution in [0.25, 0.3) is 10.2 Å². The van der Waals surface area contributed by atoms with Gasteiger partial charge in [-0.15, -0.1) is 0 Å². The van der Waals surface area contributed by atoms with E-state index in [1.165, 1.54) is 6.92 Å². The van der Waals surface area contributed by atoms with Gasteiger partial charge in [0.25, 0.3) is 5.91 Å². The van der Waals surface area contributed by atoms with E-state index in [0.717, 1.165) is 28.4 Å². The zero-order valence-corrected chi connectivity index (χ0v) is 16.8. The predicted molar refractivity (Wildman–Crippen MR) is 113 cm³/mol. The van der Waals surface area contributed by atoms with Crippen LogP contribution in [0.15, 0.2) is 42.5 Å². The number of hydrogen-bond acceptors (Lipinski definition) is 7. The molecule has 1 saturated heterocycles. The van der Waals surface area contributed by atoms with Crippen LogP contribution in [0.2, 0.25) is 0 Å². The number of Topliss-reactive ketones (excluding diaryl/α,β-unsaturated/α-hetero) is 1. The molecule has 1 N–H and O–H groups in total. The van der Waals surface area contributed by atoms with E-state index in [1.54, 1.807) is 35.6 Å². The first-order valence-electron chi connectivity index (χ1n) is 9.35. The zero-order valence-electron chi connectivity index (χ0n) is 16.0. The van der Waals surface area contributed by atoms with Crippen LogP contribution in [-0.4, -0.2) is 49.6 Å². The average Bonchev–Trinajstić information content (AvgIpc) is 3.16. The van der Waals surface area contributed by atoms with Crippen molar-refractivity contribution >= 4 is 44.1 Å². The molecule has 150 valence electrons. The molecule has 0 radical (unpaired) electrons. The van der Waals surface area contributed by atoms with Crippen LogP contribution in [-0.2, 0) is 9.53 Å². The van der Waals surface area contributed by atoms with Crippen LogP contribution < -0.4 is 15.0 Å². The van der Waals surface area contributed by atoms with E-state index in [2.05, 4.69) is 15.2 Å². The number of anilines is 2. The molecule has 0 bridgehead atoms. The maximum atomic E-state index is 12.3. The van der Waals surface area contributed by atoms with Gasteiger partial charge in [0.05, 0.1) is 23.4 Å². The largest absolute Gasteiger partial charge is 0.484 e. The summed E-state index contributed by atoms with van der Waals surface area (Å²) in [5.74, 6) is 0.172. The first-order chi connectivity index (χ1) is 14.1. The summed E-state index contributed by atoms with van der Waals surface area (Å²) >= 11 is 1.60. The van der Waals surface area contributed by atoms with E-state index < -0.39 is 0 Å². The number of nitrogens with zero attached hydrogens (tertiary/aromatic N) is 2. The number of rotatable bonds is 6. The van der Waals surface area contributed by atoms with Crippen molar-refractivity contribution in [3.05, 3.63) is 48.0 Å².